The van der Waals surface area contributed by atoms with E-state index < -0.39 is 62.3 Å². The predicted octanol–water partition coefficient (Wildman–Crippen LogP) is 2.81. The highest BCUT2D eigenvalue weighted by Gasteiger charge is 2.61. The molecule has 0 aromatic carbocycles. The minimum Gasteiger partial charge on any atom is -0.444 e. The van der Waals surface area contributed by atoms with Crippen molar-refractivity contribution < 1.29 is 32.3 Å². The van der Waals surface area contributed by atoms with Crippen LogP contribution in [0.1, 0.15) is 97.8 Å². The summed E-state index contributed by atoms with van der Waals surface area (Å²) in [6.45, 7) is 5.57. The van der Waals surface area contributed by atoms with Crippen molar-refractivity contribution in [2.24, 2.45) is 5.92 Å². The zero-order valence-corrected chi connectivity index (χ0v) is 25.2. The molecule has 4 rings (SSSR count). The van der Waals surface area contributed by atoms with Crippen LogP contribution in [0.25, 0.3) is 0 Å². The van der Waals surface area contributed by atoms with Crippen LogP contribution in [0.2, 0.25) is 0 Å². The Kier molecular flexibility index (Phi) is 9.53. The van der Waals surface area contributed by atoms with E-state index in [4.69, 9.17) is 4.74 Å². The lowest BCUT2D eigenvalue weighted by Gasteiger charge is -2.30. The van der Waals surface area contributed by atoms with Crippen LogP contribution in [-0.2, 0) is 29.1 Å². The molecule has 12 heteroatoms. The normalized spacial score (nSPS) is 29.8. The quantitative estimate of drug-likeness (QED) is 0.425. The second-order valence-corrected chi connectivity index (χ2v) is 14.7. The van der Waals surface area contributed by atoms with Gasteiger partial charge in [-0.15, -0.1) is 5.73 Å². The number of nitrogens with one attached hydrogen (secondary N) is 3. The number of nitrogens with zero attached hydrogens (tertiary/aromatic N) is 1. The van der Waals surface area contributed by atoms with Crippen LogP contribution in [0, 0.1) is 5.92 Å². The van der Waals surface area contributed by atoms with E-state index in [-0.39, 0.29) is 12.3 Å². The van der Waals surface area contributed by atoms with Crippen LogP contribution in [0.4, 0.5) is 4.79 Å². The van der Waals surface area contributed by atoms with Crippen molar-refractivity contribution >= 4 is 33.8 Å². The Morgan fingerprint density at radius 3 is 2.46 bits per heavy atom. The average molecular weight is 593 g/mol. The molecule has 228 valence electrons. The van der Waals surface area contributed by atoms with Crippen LogP contribution in [0.15, 0.2) is 17.9 Å². The molecular weight excluding hydrogens is 548 g/mol. The molecule has 4 amide bonds. The van der Waals surface area contributed by atoms with Crippen LogP contribution in [-0.4, -0.2) is 72.2 Å². The van der Waals surface area contributed by atoms with Gasteiger partial charge in [0.15, 0.2) is 0 Å². The van der Waals surface area contributed by atoms with Gasteiger partial charge in [0.25, 0.3) is 5.91 Å². The SMILES string of the molecule is CC(C)(C)OC(=O)N[C@H]1CCCCCC=C=C[C@@H]2C[C@@]2(C(=O)NS(=O)(=O)C2CCCC2)NC(=O)[C@@H]2CCCN2C1=O. The maximum Gasteiger partial charge on any atom is 0.408 e. The molecule has 3 N–H and O–H groups in total. The lowest BCUT2D eigenvalue weighted by atomic mass is 10.0. The molecule has 0 bridgehead atoms. The summed E-state index contributed by atoms with van der Waals surface area (Å²) in [6, 6.07) is -1.70. The van der Waals surface area contributed by atoms with Gasteiger partial charge >= 0.3 is 6.09 Å². The molecule has 11 nitrogen and oxygen atoms in total. The molecular formula is C29H44N4O7S. The van der Waals surface area contributed by atoms with E-state index in [0.29, 0.717) is 45.1 Å². The molecule has 2 aliphatic carbocycles. The van der Waals surface area contributed by atoms with E-state index in [1.165, 1.54) is 4.90 Å². The van der Waals surface area contributed by atoms with Crippen LogP contribution in [0.5, 0.6) is 0 Å². The summed E-state index contributed by atoms with van der Waals surface area (Å²) in [5.41, 5.74) is 0.954. The third kappa shape index (κ3) is 7.71. The maximum absolute atomic E-state index is 13.7. The molecule has 0 spiro atoms. The van der Waals surface area contributed by atoms with E-state index in [1.807, 2.05) is 6.08 Å². The van der Waals surface area contributed by atoms with E-state index in [0.717, 1.165) is 32.1 Å². The largest absolute Gasteiger partial charge is 0.444 e. The summed E-state index contributed by atoms with van der Waals surface area (Å²) in [6.07, 6.45) is 10.3. The van der Waals surface area contributed by atoms with Crippen LogP contribution in [0.3, 0.4) is 0 Å². The molecule has 1 saturated heterocycles. The number of carbonyl (C=O) groups is 4. The van der Waals surface area contributed by atoms with Gasteiger partial charge in [-0.2, -0.15) is 0 Å². The third-order valence-electron chi connectivity index (χ3n) is 8.33. The van der Waals surface area contributed by atoms with E-state index >= 15 is 0 Å². The fourth-order valence-electron chi connectivity index (χ4n) is 6.01. The van der Waals surface area contributed by atoms with Crippen molar-refractivity contribution in [2.45, 2.75) is 126 Å². The Labute approximate surface area is 242 Å². The molecule has 4 aliphatic rings. The van der Waals surface area contributed by atoms with Gasteiger partial charge in [-0.05, 0) is 84.3 Å². The molecule has 0 radical (unpaired) electrons. The smallest absolute Gasteiger partial charge is 0.408 e. The molecule has 0 aromatic heterocycles. The maximum atomic E-state index is 13.7. The number of hydrogen-bond acceptors (Lipinski definition) is 7. The number of ether oxygens (including phenoxy) is 1. The first kappa shape index (κ1) is 31.1. The van der Waals surface area contributed by atoms with Gasteiger partial charge in [0.2, 0.25) is 21.8 Å². The molecule has 2 saturated carbocycles. The van der Waals surface area contributed by atoms with Gasteiger partial charge in [-0.3, -0.25) is 19.1 Å². The molecule has 4 atom stereocenters. The summed E-state index contributed by atoms with van der Waals surface area (Å²) in [5, 5.41) is 4.93. The highest BCUT2D eigenvalue weighted by atomic mass is 32.2. The van der Waals surface area contributed by atoms with Crippen LogP contribution >= 0.6 is 0 Å². The number of alkyl carbamates (subject to hydrolysis) is 1. The fourth-order valence-corrected chi connectivity index (χ4v) is 7.57. The summed E-state index contributed by atoms with van der Waals surface area (Å²) in [7, 11) is -3.88. The number of fused-ring (bicyclic) bond motifs is 2. The monoisotopic (exact) mass is 592 g/mol. The first-order valence-corrected chi connectivity index (χ1v) is 16.5. The topological polar surface area (TPSA) is 151 Å². The first-order chi connectivity index (χ1) is 19.3. The Morgan fingerprint density at radius 1 is 1.05 bits per heavy atom. The lowest BCUT2D eigenvalue weighted by Crippen LogP contribution is -2.58. The third-order valence-corrected chi connectivity index (χ3v) is 10.1. The molecule has 2 heterocycles. The lowest BCUT2D eigenvalue weighted by molar-refractivity contribution is -0.141. The predicted molar refractivity (Wildman–Crippen MR) is 152 cm³/mol. The number of rotatable bonds is 4. The van der Waals surface area contributed by atoms with Gasteiger partial charge < -0.3 is 20.3 Å². The van der Waals surface area contributed by atoms with Gasteiger partial charge in [-0.25, -0.2) is 13.2 Å². The second-order valence-electron chi connectivity index (χ2n) is 12.7. The Hall–Kier alpha value is -2.85. The summed E-state index contributed by atoms with van der Waals surface area (Å²) >= 11 is 0. The summed E-state index contributed by atoms with van der Waals surface area (Å²) < 4.78 is 33.5. The van der Waals surface area contributed by atoms with Crippen molar-refractivity contribution in [3.05, 3.63) is 17.9 Å². The first-order valence-electron chi connectivity index (χ1n) is 14.9. The molecule has 2 aliphatic heterocycles. The zero-order chi connectivity index (χ0) is 29.8. The Bertz CT molecular complexity index is 1200. The number of amides is 4. The van der Waals surface area contributed by atoms with Gasteiger partial charge in [-0.1, -0.05) is 25.7 Å². The second kappa shape index (κ2) is 12.6. The highest BCUT2D eigenvalue weighted by molar-refractivity contribution is 7.90. The zero-order valence-electron chi connectivity index (χ0n) is 24.4. The average Bonchev–Trinajstić information content (AvgIpc) is 3.26. The summed E-state index contributed by atoms with van der Waals surface area (Å²) in [5.74, 6) is -2.04. The molecule has 0 unspecified atom stereocenters. The minimum atomic E-state index is -3.88. The minimum absolute atomic E-state index is 0.245. The van der Waals surface area contributed by atoms with Crippen molar-refractivity contribution in [2.75, 3.05) is 6.54 Å². The van der Waals surface area contributed by atoms with Gasteiger partial charge in [0.1, 0.15) is 23.2 Å². The number of sulfonamides is 1. The fraction of sp³-hybridized carbons (Fsp3) is 0.759. The van der Waals surface area contributed by atoms with E-state index in [2.05, 4.69) is 21.1 Å². The molecule has 41 heavy (non-hydrogen) atoms. The van der Waals surface area contributed by atoms with Crippen molar-refractivity contribution in [1.29, 1.82) is 0 Å². The Balaban J connectivity index is 1.56. The van der Waals surface area contributed by atoms with Gasteiger partial charge in [0, 0.05) is 12.5 Å². The van der Waals surface area contributed by atoms with Crippen LogP contribution < -0.4 is 15.4 Å². The molecule has 0 aromatic rings. The summed E-state index contributed by atoms with van der Waals surface area (Å²) in [4.78, 5) is 54.8. The standard InChI is InChI=1S/C29H44N4O7S/c1-28(2,3)40-27(37)30-22-16-9-7-5-4-6-8-13-20-19-29(20,26(36)32-41(38,39)21-14-10-11-15-21)31-24(34)23-17-12-18-33(23)25(22)35/h6,13,20-23H,4-5,7,9-12,14-19H2,1-3H3,(H,30,37)(H,31,34)(H,32,36)/t8?,20-,22+,23+,29-/m1/s1. The van der Waals surface area contributed by atoms with Crippen molar-refractivity contribution in [3.63, 3.8) is 0 Å². The highest BCUT2D eigenvalue weighted by Crippen LogP contribution is 2.45. The van der Waals surface area contributed by atoms with Crippen molar-refractivity contribution in [1.82, 2.24) is 20.3 Å². The van der Waals surface area contributed by atoms with Crippen molar-refractivity contribution in [3.8, 4) is 0 Å². The number of hydrogen-bond donors (Lipinski definition) is 3. The van der Waals surface area contributed by atoms with E-state index in [9.17, 15) is 27.6 Å². The van der Waals surface area contributed by atoms with Gasteiger partial charge in [0.05, 0.1) is 5.25 Å². The van der Waals surface area contributed by atoms with E-state index in [1.54, 1.807) is 26.8 Å². The number of carbonyl (C=O) groups excluding carboxylic acids is 4. The molecule has 3 fully saturated rings. The Morgan fingerprint density at radius 2 is 1.76 bits per heavy atom.